The molecule has 2 fully saturated rings. The molecule has 1 aliphatic heterocycles. The molecule has 2 heterocycles. The first-order valence-electron chi connectivity index (χ1n) is 9.02. The number of hydrogen-bond acceptors (Lipinski definition) is 4. The van der Waals surface area contributed by atoms with E-state index in [1.165, 1.54) is 18.4 Å². The lowest BCUT2D eigenvalue weighted by atomic mass is 10.0. The molecule has 6 heteroatoms. The van der Waals surface area contributed by atoms with Gasteiger partial charge in [0.1, 0.15) is 5.75 Å². The Morgan fingerprint density at radius 3 is 2.60 bits per heavy atom. The van der Waals surface area contributed by atoms with E-state index >= 15 is 0 Å². The minimum Gasteiger partial charge on any atom is -0.484 e. The maximum Gasteiger partial charge on any atom is 0.260 e. The van der Waals surface area contributed by atoms with Crippen LogP contribution in [0.25, 0.3) is 0 Å². The minimum atomic E-state index is 0.0201. The van der Waals surface area contributed by atoms with Gasteiger partial charge in [-0.3, -0.25) is 4.79 Å². The highest BCUT2D eigenvalue weighted by molar-refractivity contribution is 5.78. The summed E-state index contributed by atoms with van der Waals surface area (Å²) >= 11 is 0. The number of aromatic nitrogens is 3. The molecule has 132 valence electrons. The van der Waals surface area contributed by atoms with Crippen molar-refractivity contribution < 1.29 is 9.53 Å². The van der Waals surface area contributed by atoms with Crippen LogP contribution in [0.3, 0.4) is 0 Å². The summed E-state index contributed by atoms with van der Waals surface area (Å²) < 4.78 is 7.52. The van der Waals surface area contributed by atoms with Crippen LogP contribution in [0.1, 0.15) is 55.8 Å². The van der Waals surface area contributed by atoms with Crippen LogP contribution in [0.4, 0.5) is 0 Å². The van der Waals surface area contributed by atoms with Gasteiger partial charge in [0.25, 0.3) is 5.91 Å². The monoisotopic (exact) mass is 340 g/mol. The van der Waals surface area contributed by atoms with Crippen molar-refractivity contribution in [2.24, 2.45) is 0 Å². The Hall–Kier alpha value is -2.37. The van der Waals surface area contributed by atoms with Gasteiger partial charge in [-0.1, -0.05) is 31.2 Å². The van der Waals surface area contributed by atoms with Gasteiger partial charge in [-0.2, -0.15) is 0 Å². The van der Waals surface area contributed by atoms with Gasteiger partial charge in [-0.15, -0.1) is 5.10 Å². The quantitative estimate of drug-likeness (QED) is 0.811. The number of carbonyl (C=O) groups excluding carboxylic acids is 1. The maximum absolute atomic E-state index is 12.2. The van der Waals surface area contributed by atoms with E-state index in [0.29, 0.717) is 24.9 Å². The summed E-state index contributed by atoms with van der Waals surface area (Å²) in [7, 11) is 0. The van der Waals surface area contributed by atoms with Crippen LogP contribution in [0.5, 0.6) is 5.75 Å². The van der Waals surface area contributed by atoms with Crippen LogP contribution in [0, 0.1) is 0 Å². The molecule has 1 aromatic heterocycles. The van der Waals surface area contributed by atoms with E-state index in [1.807, 2.05) is 40.0 Å². The molecule has 0 atom stereocenters. The number of likely N-dealkylation sites (tertiary alicyclic amines) is 1. The number of benzene rings is 1. The standard InChI is InChI=1S/C19H24N4O2/c1-13(2)14-5-7-17(8-6-14)25-12-19(24)22-9-16(10-22)23-11-18(20-21-23)15-3-4-15/h5-8,11,13,15-16H,3-4,9-10,12H2,1-2H3. The summed E-state index contributed by atoms with van der Waals surface area (Å²) in [5.74, 6) is 1.86. The smallest absolute Gasteiger partial charge is 0.260 e. The molecule has 0 N–H and O–H groups in total. The molecular formula is C19H24N4O2. The van der Waals surface area contributed by atoms with Crippen molar-refractivity contribution in [3.05, 3.63) is 41.7 Å². The van der Waals surface area contributed by atoms with E-state index in [1.54, 1.807) is 0 Å². The number of rotatable bonds is 6. The highest BCUT2D eigenvalue weighted by Gasteiger charge is 2.34. The van der Waals surface area contributed by atoms with Crippen molar-refractivity contribution >= 4 is 5.91 Å². The van der Waals surface area contributed by atoms with Crippen LogP contribution in [-0.2, 0) is 4.79 Å². The van der Waals surface area contributed by atoms with E-state index in [9.17, 15) is 4.79 Å². The summed E-state index contributed by atoms with van der Waals surface area (Å²) in [6.07, 6.45) is 4.49. The van der Waals surface area contributed by atoms with Crippen molar-refractivity contribution in [2.45, 2.75) is 44.6 Å². The molecule has 0 unspecified atom stereocenters. The zero-order valence-corrected chi connectivity index (χ0v) is 14.8. The number of hydrogen-bond donors (Lipinski definition) is 0. The van der Waals surface area contributed by atoms with E-state index in [2.05, 4.69) is 24.2 Å². The predicted molar refractivity (Wildman–Crippen MR) is 93.6 cm³/mol. The molecule has 1 saturated heterocycles. The molecule has 4 rings (SSSR count). The third-order valence-electron chi connectivity index (χ3n) is 5.02. The third kappa shape index (κ3) is 3.52. The Morgan fingerprint density at radius 2 is 1.96 bits per heavy atom. The topological polar surface area (TPSA) is 60.2 Å². The first-order chi connectivity index (χ1) is 12.1. The zero-order valence-electron chi connectivity index (χ0n) is 14.8. The Balaban J connectivity index is 1.24. The molecule has 0 spiro atoms. The van der Waals surface area contributed by atoms with E-state index in [4.69, 9.17) is 4.74 Å². The summed E-state index contributed by atoms with van der Waals surface area (Å²) in [5.41, 5.74) is 2.36. The molecule has 2 aromatic rings. The third-order valence-corrected chi connectivity index (χ3v) is 5.02. The van der Waals surface area contributed by atoms with E-state index in [0.717, 1.165) is 11.4 Å². The van der Waals surface area contributed by atoms with E-state index in [-0.39, 0.29) is 18.6 Å². The first kappa shape index (κ1) is 16.1. The van der Waals surface area contributed by atoms with E-state index < -0.39 is 0 Å². The number of ether oxygens (including phenoxy) is 1. The summed E-state index contributed by atoms with van der Waals surface area (Å²) in [5, 5.41) is 8.44. The highest BCUT2D eigenvalue weighted by Crippen LogP contribution is 2.39. The van der Waals surface area contributed by atoms with Gasteiger partial charge in [0, 0.05) is 25.2 Å². The van der Waals surface area contributed by atoms with Crippen molar-refractivity contribution in [3.8, 4) is 5.75 Å². The molecule has 0 radical (unpaired) electrons. The molecule has 0 bridgehead atoms. The number of carbonyl (C=O) groups is 1. The van der Waals surface area contributed by atoms with Crippen molar-refractivity contribution in [3.63, 3.8) is 0 Å². The van der Waals surface area contributed by atoms with Gasteiger partial charge in [-0.05, 0) is 36.5 Å². The zero-order chi connectivity index (χ0) is 17.4. The lowest BCUT2D eigenvalue weighted by molar-refractivity contribution is -0.139. The lowest BCUT2D eigenvalue weighted by Gasteiger charge is -2.38. The second kappa shape index (κ2) is 6.50. The van der Waals surface area contributed by atoms with Gasteiger partial charge in [0.05, 0.1) is 11.7 Å². The highest BCUT2D eigenvalue weighted by atomic mass is 16.5. The second-order valence-electron chi connectivity index (χ2n) is 7.36. The Morgan fingerprint density at radius 1 is 1.24 bits per heavy atom. The Bertz CT molecular complexity index is 743. The van der Waals surface area contributed by atoms with Crippen molar-refractivity contribution in [1.82, 2.24) is 19.9 Å². The fourth-order valence-corrected chi connectivity index (χ4v) is 3.05. The molecule has 1 amide bonds. The van der Waals surface area contributed by atoms with Gasteiger partial charge < -0.3 is 9.64 Å². The maximum atomic E-state index is 12.2. The molecule has 25 heavy (non-hydrogen) atoms. The van der Waals surface area contributed by atoms with Crippen molar-refractivity contribution in [2.75, 3.05) is 19.7 Å². The SMILES string of the molecule is CC(C)c1ccc(OCC(=O)N2CC(n3cc(C4CC4)nn3)C2)cc1. The normalized spacial score (nSPS) is 17.6. The average molecular weight is 340 g/mol. The lowest BCUT2D eigenvalue weighted by Crippen LogP contribution is -2.52. The predicted octanol–water partition coefficient (Wildman–Crippen LogP) is 2.74. The van der Waals surface area contributed by atoms with Crippen LogP contribution in [-0.4, -0.2) is 45.5 Å². The molecule has 1 aliphatic carbocycles. The largest absolute Gasteiger partial charge is 0.484 e. The van der Waals surface area contributed by atoms with Crippen LogP contribution in [0.2, 0.25) is 0 Å². The van der Waals surface area contributed by atoms with Gasteiger partial charge in [0.15, 0.2) is 6.61 Å². The molecule has 2 aliphatic rings. The number of nitrogens with zero attached hydrogens (tertiary/aromatic N) is 4. The molecule has 1 saturated carbocycles. The molecule has 1 aromatic carbocycles. The van der Waals surface area contributed by atoms with Gasteiger partial charge in [-0.25, -0.2) is 4.68 Å². The summed E-state index contributed by atoms with van der Waals surface area (Å²) in [4.78, 5) is 14.0. The van der Waals surface area contributed by atoms with Gasteiger partial charge >= 0.3 is 0 Å². The molecular weight excluding hydrogens is 316 g/mol. The molecule has 6 nitrogen and oxygen atoms in total. The second-order valence-corrected chi connectivity index (χ2v) is 7.36. The fraction of sp³-hybridized carbons (Fsp3) is 0.526. The van der Waals surface area contributed by atoms with Gasteiger partial charge in [0.2, 0.25) is 0 Å². The Kier molecular flexibility index (Phi) is 4.19. The first-order valence-corrected chi connectivity index (χ1v) is 9.02. The minimum absolute atomic E-state index is 0.0201. The van der Waals surface area contributed by atoms with Crippen LogP contribution < -0.4 is 4.74 Å². The van der Waals surface area contributed by atoms with Crippen molar-refractivity contribution in [1.29, 1.82) is 0 Å². The summed E-state index contributed by atoms with van der Waals surface area (Å²) in [6.45, 7) is 5.76. The number of amides is 1. The van der Waals surface area contributed by atoms with Crippen LogP contribution >= 0.6 is 0 Å². The van der Waals surface area contributed by atoms with Crippen LogP contribution in [0.15, 0.2) is 30.5 Å². The Labute approximate surface area is 147 Å². The average Bonchev–Trinajstić information content (AvgIpc) is 3.31. The summed E-state index contributed by atoms with van der Waals surface area (Å²) in [6, 6.07) is 8.19. The fourth-order valence-electron chi connectivity index (χ4n) is 3.05.